The van der Waals surface area contributed by atoms with Gasteiger partial charge in [-0.05, 0) is 71.9 Å². The number of rotatable bonds is 7. The second-order valence-electron chi connectivity index (χ2n) is 12.6. The monoisotopic (exact) mass is 736 g/mol. The van der Waals surface area contributed by atoms with Crippen LogP contribution in [-0.4, -0.2) is 56.4 Å². The lowest BCUT2D eigenvalue weighted by Gasteiger charge is -2.31. The normalized spacial score (nSPS) is 15.9. The minimum Gasteiger partial charge on any atom is -0.446 e. The third kappa shape index (κ3) is 6.08. The number of hydrazone groups is 1. The number of aryl methyl sites for hydroxylation is 1. The fourth-order valence-electron chi connectivity index (χ4n) is 6.40. The van der Waals surface area contributed by atoms with Crippen molar-refractivity contribution in [3.05, 3.63) is 125 Å². The lowest BCUT2D eigenvalue weighted by molar-refractivity contribution is -0.146. The van der Waals surface area contributed by atoms with Gasteiger partial charge in [-0.1, -0.05) is 41.4 Å². The standard InChI is InChI=1S/C37H28ClF3N10O2/c1-22-4-6-24(7-5-22)36(3)51(23(2)52)44-33(53-36)21-48-19-30(29-18-26(38)10-13-32(29)48)34-31(20-49(45-34)27-14-16-42-17-15-27)35-43-46-47-50(35)28-11-8-25(9-12-28)37(39,40)41/h4-20H,21H2,1-3H3. The summed E-state index contributed by atoms with van der Waals surface area (Å²) in [5, 5.41) is 24.4. The summed E-state index contributed by atoms with van der Waals surface area (Å²) in [7, 11) is 0. The Morgan fingerprint density at radius 1 is 0.925 bits per heavy atom. The molecule has 8 rings (SSSR count). The third-order valence-corrected chi connectivity index (χ3v) is 9.25. The predicted octanol–water partition coefficient (Wildman–Crippen LogP) is 7.58. The third-order valence-electron chi connectivity index (χ3n) is 9.01. The number of ether oxygens (including phenoxy) is 1. The minimum atomic E-state index is -4.50. The summed E-state index contributed by atoms with van der Waals surface area (Å²) in [4.78, 5) is 16.9. The number of benzene rings is 3. The van der Waals surface area contributed by atoms with Crippen LogP contribution < -0.4 is 0 Å². The SMILES string of the molecule is CC(=O)N1N=C(Cn2cc(-c3nn(-c4ccncc4)cc3-c3nnnn3-c3ccc(C(F)(F)F)cc3)c3cc(Cl)ccc32)OC1(C)c1ccc(C)cc1. The molecule has 1 amide bonds. The van der Waals surface area contributed by atoms with Gasteiger partial charge >= 0.3 is 6.18 Å². The van der Waals surface area contributed by atoms with Gasteiger partial charge in [-0.25, -0.2) is 4.68 Å². The second kappa shape index (κ2) is 12.7. The lowest BCUT2D eigenvalue weighted by Crippen LogP contribution is -2.41. The van der Waals surface area contributed by atoms with Gasteiger partial charge in [-0.15, -0.1) is 10.2 Å². The number of hydrogen-bond acceptors (Lipinski definition) is 8. The maximum absolute atomic E-state index is 13.4. The molecule has 0 N–H and O–H groups in total. The highest BCUT2D eigenvalue weighted by molar-refractivity contribution is 6.31. The fourth-order valence-corrected chi connectivity index (χ4v) is 6.57. The maximum Gasteiger partial charge on any atom is 0.416 e. The summed E-state index contributed by atoms with van der Waals surface area (Å²) in [6.45, 7) is 5.36. The van der Waals surface area contributed by atoms with E-state index in [1.165, 1.54) is 28.7 Å². The first kappa shape index (κ1) is 33.8. The van der Waals surface area contributed by atoms with Crippen LogP contribution in [0.25, 0.3) is 44.9 Å². The first-order valence-electron chi connectivity index (χ1n) is 16.3. The Hall–Kier alpha value is -6.35. The minimum absolute atomic E-state index is 0.146. The van der Waals surface area contributed by atoms with Gasteiger partial charge in [-0.3, -0.25) is 9.78 Å². The molecule has 3 aromatic carbocycles. The lowest BCUT2D eigenvalue weighted by atomic mass is 10.0. The van der Waals surface area contributed by atoms with Crippen molar-refractivity contribution < 1.29 is 22.7 Å². The van der Waals surface area contributed by atoms with Gasteiger partial charge in [0, 0.05) is 65.7 Å². The molecule has 0 radical (unpaired) electrons. The Balaban J connectivity index is 1.25. The van der Waals surface area contributed by atoms with Gasteiger partial charge in [-0.2, -0.15) is 28.0 Å². The summed E-state index contributed by atoms with van der Waals surface area (Å²) >= 11 is 6.57. The molecule has 53 heavy (non-hydrogen) atoms. The zero-order chi connectivity index (χ0) is 37.1. The average Bonchev–Trinajstić information content (AvgIpc) is 3.93. The van der Waals surface area contributed by atoms with Crippen molar-refractivity contribution in [2.45, 2.75) is 39.2 Å². The van der Waals surface area contributed by atoms with Crippen LogP contribution in [0, 0.1) is 6.92 Å². The zero-order valence-corrected chi connectivity index (χ0v) is 29.1. The number of amides is 1. The largest absolute Gasteiger partial charge is 0.446 e. The molecular weight excluding hydrogens is 709 g/mol. The second-order valence-corrected chi connectivity index (χ2v) is 13.0. The first-order valence-corrected chi connectivity index (χ1v) is 16.7. The summed E-state index contributed by atoms with van der Waals surface area (Å²) < 4.78 is 51.5. The molecule has 0 aliphatic carbocycles. The van der Waals surface area contributed by atoms with Crippen LogP contribution in [-0.2, 0) is 28.0 Å². The van der Waals surface area contributed by atoms with Gasteiger partial charge in [0.2, 0.25) is 17.5 Å². The van der Waals surface area contributed by atoms with Crippen molar-refractivity contribution in [2.75, 3.05) is 0 Å². The molecule has 1 aliphatic rings. The van der Waals surface area contributed by atoms with Crippen LogP contribution in [0.4, 0.5) is 13.2 Å². The summed E-state index contributed by atoms with van der Waals surface area (Å²) in [6.07, 6.45) is 2.37. The van der Waals surface area contributed by atoms with E-state index in [1.807, 2.05) is 54.1 Å². The summed E-state index contributed by atoms with van der Waals surface area (Å²) in [5.74, 6) is 0.248. The van der Waals surface area contributed by atoms with Gasteiger partial charge in [0.05, 0.1) is 22.5 Å². The van der Waals surface area contributed by atoms with Crippen LogP contribution in [0.5, 0.6) is 0 Å². The predicted molar refractivity (Wildman–Crippen MR) is 190 cm³/mol. The van der Waals surface area contributed by atoms with E-state index in [2.05, 4.69) is 25.6 Å². The first-order chi connectivity index (χ1) is 25.4. The number of aromatic nitrogens is 8. The molecule has 5 heterocycles. The van der Waals surface area contributed by atoms with E-state index < -0.39 is 17.5 Å². The molecule has 1 atom stereocenters. The Labute approximate surface area is 304 Å². The van der Waals surface area contributed by atoms with Crippen molar-refractivity contribution >= 4 is 34.3 Å². The molecule has 0 saturated carbocycles. The molecule has 0 spiro atoms. The van der Waals surface area contributed by atoms with E-state index >= 15 is 0 Å². The van der Waals surface area contributed by atoms with E-state index in [0.717, 1.165) is 34.2 Å². The van der Waals surface area contributed by atoms with E-state index in [1.54, 1.807) is 48.4 Å². The van der Waals surface area contributed by atoms with E-state index in [4.69, 9.17) is 21.4 Å². The number of pyridine rings is 1. The number of hydrogen-bond donors (Lipinski definition) is 0. The molecule has 0 bridgehead atoms. The Bertz CT molecular complexity index is 2530. The van der Waals surface area contributed by atoms with E-state index in [0.29, 0.717) is 39.1 Å². The molecule has 16 heteroatoms. The van der Waals surface area contributed by atoms with Crippen LogP contribution in [0.3, 0.4) is 0 Å². The molecule has 0 fully saturated rings. The van der Waals surface area contributed by atoms with Gasteiger partial charge < -0.3 is 9.30 Å². The summed E-state index contributed by atoms with van der Waals surface area (Å²) in [6, 6.07) is 21.3. The number of carbonyl (C=O) groups excluding carboxylic acids is 1. The molecule has 0 saturated heterocycles. The molecule has 1 aliphatic heterocycles. The van der Waals surface area contributed by atoms with E-state index in [-0.39, 0.29) is 18.3 Å². The van der Waals surface area contributed by atoms with Gasteiger partial charge in [0.15, 0.2) is 5.82 Å². The number of alkyl halides is 3. The van der Waals surface area contributed by atoms with Crippen LogP contribution >= 0.6 is 11.6 Å². The number of fused-ring (bicyclic) bond motifs is 1. The fraction of sp³-hybridized carbons (Fsp3) is 0.162. The highest BCUT2D eigenvalue weighted by atomic mass is 35.5. The Morgan fingerprint density at radius 3 is 2.36 bits per heavy atom. The molecule has 7 aromatic rings. The van der Waals surface area contributed by atoms with Crippen molar-refractivity contribution in [3.63, 3.8) is 0 Å². The number of halogens is 4. The number of carbonyl (C=O) groups is 1. The average molecular weight is 737 g/mol. The van der Waals surface area contributed by atoms with Crippen LogP contribution in [0.15, 0.2) is 109 Å². The topological polar surface area (TPSA) is 121 Å². The Kier molecular flexibility index (Phi) is 8.09. The van der Waals surface area contributed by atoms with Crippen LogP contribution in [0.1, 0.15) is 30.5 Å². The van der Waals surface area contributed by atoms with Crippen molar-refractivity contribution in [1.29, 1.82) is 0 Å². The molecule has 266 valence electrons. The van der Waals surface area contributed by atoms with Crippen LogP contribution in [0.2, 0.25) is 5.02 Å². The van der Waals surface area contributed by atoms with Crippen molar-refractivity contribution in [3.8, 4) is 34.0 Å². The van der Waals surface area contributed by atoms with E-state index in [9.17, 15) is 18.0 Å². The van der Waals surface area contributed by atoms with Gasteiger partial charge in [0.1, 0.15) is 12.2 Å². The highest BCUT2D eigenvalue weighted by Crippen LogP contribution is 2.40. The molecule has 4 aromatic heterocycles. The zero-order valence-electron chi connectivity index (χ0n) is 28.3. The number of nitrogens with zero attached hydrogens (tertiary/aromatic N) is 10. The maximum atomic E-state index is 13.4. The smallest absolute Gasteiger partial charge is 0.416 e. The van der Waals surface area contributed by atoms with Crippen molar-refractivity contribution in [2.24, 2.45) is 5.10 Å². The Morgan fingerprint density at radius 2 is 1.66 bits per heavy atom. The van der Waals surface area contributed by atoms with Crippen molar-refractivity contribution in [1.82, 2.24) is 44.5 Å². The quantitative estimate of drug-likeness (QED) is 0.165. The highest BCUT2D eigenvalue weighted by Gasteiger charge is 2.44. The molecular formula is C37H28ClF3N10O2. The molecule has 12 nitrogen and oxygen atoms in total. The molecule has 1 unspecified atom stereocenters. The van der Waals surface area contributed by atoms with Gasteiger partial charge in [0.25, 0.3) is 0 Å². The summed E-state index contributed by atoms with van der Waals surface area (Å²) in [5.41, 5.74) is 3.22. The number of tetrazole rings is 1.